The van der Waals surface area contributed by atoms with Crippen LogP contribution < -0.4 is 0 Å². The van der Waals surface area contributed by atoms with Gasteiger partial charge in [0.15, 0.2) is 0 Å². The lowest BCUT2D eigenvalue weighted by Crippen LogP contribution is -2.46. The number of hydrogen-bond donors (Lipinski definition) is 1. The van der Waals surface area contributed by atoms with Gasteiger partial charge in [-0.05, 0) is 61.3 Å². The SMILES string of the molecule is O=C(c1cc(-c2ccccc2)ccn1)N1C2CCC1CC(CCO)C2. The average molecular weight is 336 g/mol. The number of benzene rings is 1. The summed E-state index contributed by atoms with van der Waals surface area (Å²) in [6.45, 7) is 0.249. The predicted molar refractivity (Wildman–Crippen MR) is 97.1 cm³/mol. The van der Waals surface area contributed by atoms with Crippen molar-refractivity contribution >= 4 is 5.91 Å². The van der Waals surface area contributed by atoms with Crippen LogP contribution in [0.1, 0.15) is 42.6 Å². The van der Waals surface area contributed by atoms with Crippen LogP contribution in [-0.4, -0.2) is 39.6 Å². The number of aliphatic hydroxyl groups excluding tert-OH is 1. The predicted octanol–water partition coefficient (Wildman–Crippen LogP) is 3.51. The summed E-state index contributed by atoms with van der Waals surface area (Å²) in [6, 6.07) is 14.6. The third-order valence-corrected chi connectivity index (χ3v) is 5.69. The number of carbonyl (C=O) groups excluding carboxylic acids is 1. The quantitative estimate of drug-likeness (QED) is 0.929. The van der Waals surface area contributed by atoms with Crippen molar-refractivity contribution in [3.8, 4) is 11.1 Å². The zero-order valence-corrected chi connectivity index (χ0v) is 14.3. The Labute approximate surface area is 148 Å². The molecule has 1 aromatic heterocycles. The van der Waals surface area contributed by atoms with E-state index in [-0.39, 0.29) is 12.5 Å². The molecular formula is C21H24N2O2. The molecule has 25 heavy (non-hydrogen) atoms. The van der Waals surface area contributed by atoms with E-state index < -0.39 is 0 Å². The molecule has 2 unspecified atom stereocenters. The largest absolute Gasteiger partial charge is 0.396 e. The number of aliphatic hydroxyl groups is 1. The number of rotatable bonds is 4. The second kappa shape index (κ2) is 6.96. The van der Waals surface area contributed by atoms with Crippen molar-refractivity contribution in [1.82, 2.24) is 9.88 Å². The summed E-state index contributed by atoms with van der Waals surface area (Å²) in [5.74, 6) is 0.614. The molecule has 2 fully saturated rings. The first kappa shape index (κ1) is 16.3. The minimum Gasteiger partial charge on any atom is -0.396 e. The summed E-state index contributed by atoms with van der Waals surface area (Å²) >= 11 is 0. The van der Waals surface area contributed by atoms with Gasteiger partial charge in [0.25, 0.3) is 5.91 Å². The van der Waals surface area contributed by atoms with E-state index >= 15 is 0 Å². The highest BCUT2D eigenvalue weighted by molar-refractivity contribution is 5.94. The molecule has 2 atom stereocenters. The number of hydrogen-bond acceptors (Lipinski definition) is 3. The summed E-state index contributed by atoms with van der Waals surface area (Å²) in [4.78, 5) is 19.6. The number of nitrogens with zero attached hydrogens (tertiary/aromatic N) is 2. The maximum Gasteiger partial charge on any atom is 0.272 e. The van der Waals surface area contributed by atoms with Crippen molar-refractivity contribution in [1.29, 1.82) is 0 Å². The molecule has 2 aromatic rings. The fourth-order valence-corrected chi connectivity index (χ4v) is 4.53. The maximum absolute atomic E-state index is 13.1. The third kappa shape index (κ3) is 3.19. The lowest BCUT2D eigenvalue weighted by molar-refractivity contribution is 0.0495. The molecule has 2 saturated heterocycles. The van der Waals surface area contributed by atoms with Crippen LogP contribution in [-0.2, 0) is 0 Å². The van der Waals surface area contributed by atoms with Gasteiger partial charge in [0.05, 0.1) is 0 Å². The van der Waals surface area contributed by atoms with Crippen LogP contribution in [0, 0.1) is 5.92 Å². The van der Waals surface area contributed by atoms with Gasteiger partial charge in [-0.1, -0.05) is 30.3 Å². The number of amides is 1. The van der Waals surface area contributed by atoms with E-state index in [0.29, 0.717) is 23.7 Å². The van der Waals surface area contributed by atoms with E-state index in [9.17, 15) is 9.90 Å². The van der Waals surface area contributed by atoms with Crippen LogP contribution in [0.4, 0.5) is 0 Å². The van der Waals surface area contributed by atoms with E-state index in [1.807, 2.05) is 42.5 Å². The van der Waals surface area contributed by atoms with Gasteiger partial charge in [-0.2, -0.15) is 0 Å². The van der Waals surface area contributed by atoms with Gasteiger partial charge in [-0.3, -0.25) is 9.78 Å². The highest BCUT2D eigenvalue weighted by Gasteiger charge is 2.43. The van der Waals surface area contributed by atoms with Gasteiger partial charge in [-0.15, -0.1) is 0 Å². The lowest BCUT2D eigenvalue weighted by Gasteiger charge is -2.38. The maximum atomic E-state index is 13.1. The summed E-state index contributed by atoms with van der Waals surface area (Å²) in [5.41, 5.74) is 2.67. The molecular weight excluding hydrogens is 312 g/mol. The summed E-state index contributed by atoms with van der Waals surface area (Å²) in [5, 5.41) is 9.21. The van der Waals surface area contributed by atoms with E-state index in [2.05, 4.69) is 9.88 Å². The van der Waals surface area contributed by atoms with Crippen LogP contribution in [0.25, 0.3) is 11.1 Å². The number of piperidine rings is 1. The van der Waals surface area contributed by atoms with E-state index in [4.69, 9.17) is 0 Å². The average Bonchev–Trinajstić information content (AvgIpc) is 2.93. The Kier molecular flexibility index (Phi) is 4.53. The molecule has 4 nitrogen and oxygen atoms in total. The fraction of sp³-hybridized carbons (Fsp3) is 0.429. The second-order valence-electron chi connectivity index (χ2n) is 7.24. The molecule has 4 heteroatoms. The molecule has 2 aliphatic heterocycles. The topological polar surface area (TPSA) is 53.4 Å². The number of fused-ring (bicyclic) bond motifs is 2. The molecule has 0 spiro atoms. The molecule has 0 saturated carbocycles. The van der Waals surface area contributed by atoms with Crippen LogP contribution in [0.3, 0.4) is 0 Å². The Balaban J connectivity index is 1.56. The summed E-state index contributed by atoms with van der Waals surface area (Å²) < 4.78 is 0. The Bertz CT molecular complexity index is 733. The van der Waals surface area contributed by atoms with Crippen molar-refractivity contribution in [2.75, 3.05) is 6.61 Å². The molecule has 1 aromatic carbocycles. The molecule has 1 amide bonds. The van der Waals surface area contributed by atoms with Crippen molar-refractivity contribution in [2.24, 2.45) is 5.92 Å². The van der Waals surface area contributed by atoms with Crippen molar-refractivity contribution in [3.05, 3.63) is 54.4 Å². The Morgan fingerprint density at radius 2 is 1.80 bits per heavy atom. The number of aromatic nitrogens is 1. The number of pyridine rings is 1. The second-order valence-corrected chi connectivity index (χ2v) is 7.24. The summed E-state index contributed by atoms with van der Waals surface area (Å²) in [6.07, 6.45) is 6.78. The standard InChI is InChI=1S/C21H24N2O2/c24-11-9-15-12-18-6-7-19(13-15)23(18)21(25)20-14-17(8-10-22-20)16-4-2-1-3-5-16/h1-5,8,10,14-15,18-19,24H,6-7,9,11-13H2. The van der Waals surface area contributed by atoms with Crippen LogP contribution in [0.15, 0.2) is 48.7 Å². The zero-order valence-electron chi connectivity index (χ0n) is 14.3. The van der Waals surface area contributed by atoms with Gasteiger partial charge in [0.2, 0.25) is 0 Å². The first-order valence-electron chi connectivity index (χ1n) is 9.21. The first-order valence-corrected chi connectivity index (χ1v) is 9.21. The van der Waals surface area contributed by atoms with Crippen molar-refractivity contribution in [3.63, 3.8) is 0 Å². The molecule has 130 valence electrons. The van der Waals surface area contributed by atoms with Crippen molar-refractivity contribution < 1.29 is 9.90 Å². The summed E-state index contributed by atoms with van der Waals surface area (Å²) in [7, 11) is 0. The zero-order chi connectivity index (χ0) is 17.2. The Morgan fingerprint density at radius 1 is 1.08 bits per heavy atom. The van der Waals surface area contributed by atoms with E-state index in [1.165, 1.54) is 0 Å². The van der Waals surface area contributed by atoms with E-state index in [1.54, 1.807) is 6.20 Å². The van der Waals surface area contributed by atoms with E-state index in [0.717, 1.165) is 43.2 Å². The minimum absolute atomic E-state index is 0.0627. The molecule has 2 bridgehead atoms. The number of carbonyl (C=O) groups is 1. The Hall–Kier alpha value is -2.20. The highest BCUT2D eigenvalue weighted by atomic mass is 16.3. The Morgan fingerprint density at radius 3 is 2.48 bits per heavy atom. The third-order valence-electron chi connectivity index (χ3n) is 5.69. The van der Waals surface area contributed by atoms with Crippen molar-refractivity contribution in [2.45, 2.75) is 44.2 Å². The van der Waals surface area contributed by atoms with Crippen LogP contribution in [0.2, 0.25) is 0 Å². The van der Waals surface area contributed by atoms with Gasteiger partial charge < -0.3 is 10.0 Å². The molecule has 1 N–H and O–H groups in total. The van der Waals surface area contributed by atoms with Crippen LogP contribution >= 0.6 is 0 Å². The highest BCUT2D eigenvalue weighted by Crippen LogP contribution is 2.40. The van der Waals surface area contributed by atoms with Gasteiger partial charge in [0.1, 0.15) is 5.69 Å². The molecule has 3 heterocycles. The first-order chi connectivity index (χ1) is 12.3. The normalized spacial score (nSPS) is 25.2. The van der Waals surface area contributed by atoms with Gasteiger partial charge in [-0.25, -0.2) is 0 Å². The fourth-order valence-electron chi connectivity index (χ4n) is 4.53. The monoisotopic (exact) mass is 336 g/mol. The molecule has 2 aliphatic rings. The molecule has 0 aliphatic carbocycles. The van der Waals surface area contributed by atoms with Gasteiger partial charge >= 0.3 is 0 Å². The molecule has 4 rings (SSSR count). The van der Waals surface area contributed by atoms with Gasteiger partial charge in [0, 0.05) is 24.9 Å². The minimum atomic E-state index is 0.0627. The molecule has 0 radical (unpaired) electrons. The lowest BCUT2D eigenvalue weighted by atomic mass is 9.88. The van der Waals surface area contributed by atoms with Crippen LogP contribution in [0.5, 0.6) is 0 Å². The smallest absolute Gasteiger partial charge is 0.272 e.